The molecule has 0 spiro atoms. The van der Waals surface area contributed by atoms with Crippen LogP contribution in [0.2, 0.25) is 0 Å². The van der Waals surface area contributed by atoms with Gasteiger partial charge in [-0.05, 0) is 42.7 Å². The van der Waals surface area contributed by atoms with Gasteiger partial charge in [-0.25, -0.2) is 0 Å². The summed E-state index contributed by atoms with van der Waals surface area (Å²) in [6.07, 6.45) is 1.05. The number of halogens is 2. The summed E-state index contributed by atoms with van der Waals surface area (Å²) < 4.78 is 40.9. The van der Waals surface area contributed by atoms with Crippen molar-refractivity contribution in [3.8, 4) is 17.2 Å². The van der Waals surface area contributed by atoms with Crippen LogP contribution in [0.5, 0.6) is 17.2 Å². The van der Waals surface area contributed by atoms with Gasteiger partial charge in [0, 0.05) is 5.56 Å². The van der Waals surface area contributed by atoms with Crippen LogP contribution in [0, 0.1) is 5.92 Å². The standard InChI is InChI=1S/C21H23F2NO4/c1-3-17(16-6-4-5-7-19(16)28-21(22)23)24-20(25)14-10-13-11-15(26-2)8-9-18(13)27-12-14/h4-9,11,14,17,21H,3,10,12H2,1-2H3,(H,24,25). The fraction of sp³-hybridized carbons (Fsp3) is 0.381. The second-order valence-corrected chi connectivity index (χ2v) is 6.57. The highest BCUT2D eigenvalue weighted by atomic mass is 19.3. The fourth-order valence-corrected chi connectivity index (χ4v) is 3.33. The Morgan fingerprint density at radius 2 is 2.07 bits per heavy atom. The molecule has 0 radical (unpaired) electrons. The number of fused-ring (bicyclic) bond motifs is 1. The number of ether oxygens (including phenoxy) is 3. The van der Waals surface area contributed by atoms with E-state index in [9.17, 15) is 13.6 Å². The molecule has 5 nitrogen and oxygen atoms in total. The summed E-state index contributed by atoms with van der Waals surface area (Å²) in [6.45, 7) is -0.786. The van der Waals surface area contributed by atoms with Crippen molar-refractivity contribution >= 4 is 5.91 Å². The molecule has 1 aliphatic heterocycles. The number of nitrogens with one attached hydrogen (secondary N) is 1. The van der Waals surface area contributed by atoms with E-state index in [0.717, 1.165) is 11.3 Å². The van der Waals surface area contributed by atoms with Gasteiger partial charge in [0.05, 0.1) is 19.1 Å². The van der Waals surface area contributed by atoms with E-state index in [0.29, 0.717) is 24.2 Å². The predicted molar refractivity (Wildman–Crippen MR) is 99.9 cm³/mol. The van der Waals surface area contributed by atoms with E-state index in [1.54, 1.807) is 25.3 Å². The number of methoxy groups -OCH3 is 1. The molecular formula is C21H23F2NO4. The molecule has 2 atom stereocenters. The zero-order chi connectivity index (χ0) is 20.1. The summed E-state index contributed by atoms with van der Waals surface area (Å²) in [5.41, 5.74) is 1.43. The SMILES string of the molecule is CCC(NC(=O)C1COc2ccc(OC)cc2C1)c1ccccc1OC(F)F. The van der Waals surface area contributed by atoms with Gasteiger partial charge in [0.1, 0.15) is 23.9 Å². The molecule has 1 N–H and O–H groups in total. The van der Waals surface area contributed by atoms with Gasteiger partial charge in [-0.15, -0.1) is 0 Å². The van der Waals surface area contributed by atoms with Gasteiger partial charge in [-0.2, -0.15) is 8.78 Å². The highest BCUT2D eigenvalue weighted by Crippen LogP contribution is 2.32. The molecule has 0 aliphatic carbocycles. The smallest absolute Gasteiger partial charge is 0.387 e. The summed E-state index contributed by atoms with van der Waals surface area (Å²) in [4.78, 5) is 12.8. The van der Waals surface area contributed by atoms with E-state index in [1.807, 2.05) is 25.1 Å². The number of alkyl halides is 2. The summed E-state index contributed by atoms with van der Waals surface area (Å²) in [7, 11) is 1.58. The second-order valence-electron chi connectivity index (χ2n) is 6.57. The van der Waals surface area contributed by atoms with Gasteiger partial charge in [0.2, 0.25) is 5.91 Å². The van der Waals surface area contributed by atoms with Gasteiger partial charge in [0.15, 0.2) is 0 Å². The normalized spacial score (nSPS) is 16.7. The van der Waals surface area contributed by atoms with Crippen molar-refractivity contribution in [3.05, 3.63) is 53.6 Å². The molecule has 7 heteroatoms. The van der Waals surface area contributed by atoms with Crippen LogP contribution in [-0.4, -0.2) is 26.2 Å². The van der Waals surface area contributed by atoms with Crippen molar-refractivity contribution in [2.45, 2.75) is 32.4 Å². The summed E-state index contributed by atoms with van der Waals surface area (Å²) >= 11 is 0. The largest absolute Gasteiger partial charge is 0.497 e. The Labute approximate surface area is 162 Å². The number of benzene rings is 2. The molecule has 0 aromatic heterocycles. The molecule has 0 saturated carbocycles. The Kier molecular flexibility index (Phi) is 6.34. The van der Waals surface area contributed by atoms with E-state index in [2.05, 4.69) is 10.1 Å². The third-order valence-electron chi connectivity index (χ3n) is 4.78. The Morgan fingerprint density at radius 1 is 1.29 bits per heavy atom. The molecule has 0 fully saturated rings. The number of carbonyl (C=O) groups excluding carboxylic acids is 1. The molecule has 28 heavy (non-hydrogen) atoms. The molecule has 3 rings (SSSR count). The lowest BCUT2D eigenvalue weighted by molar-refractivity contribution is -0.127. The monoisotopic (exact) mass is 391 g/mol. The first kappa shape index (κ1) is 19.9. The highest BCUT2D eigenvalue weighted by Gasteiger charge is 2.28. The van der Waals surface area contributed by atoms with Crippen LogP contribution in [0.4, 0.5) is 8.78 Å². The van der Waals surface area contributed by atoms with Crippen LogP contribution in [-0.2, 0) is 11.2 Å². The quantitative estimate of drug-likeness (QED) is 0.772. The third-order valence-corrected chi connectivity index (χ3v) is 4.78. The Morgan fingerprint density at radius 3 is 2.79 bits per heavy atom. The minimum absolute atomic E-state index is 0.0691. The predicted octanol–water partition coefficient (Wildman–Crippen LogP) is 4.12. The maximum atomic E-state index is 12.8. The van der Waals surface area contributed by atoms with Crippen LogP contribution in [0.1, 0.15) is 30.5 Å². The average Bonchev–Trinajstić information content (AvgIpc) is 2.71. The maximum absolute atomic E-state index is 12.8. The van der Waals surface area contributed by atoms with Crippen molar-refractivity contribution in [1.82, 2.24) is 5.32 Å². The van der Waals surface area contributed by atoms with Gasteiger partial charge in [-0.3, -0.25) is 4.79 Å². The van der Waals surface area contributed by atoms with Crippen LogP contribution < -0.4 is 19.5 Å². The van der Waals surface area contributed by atoms with E-state index in [4.69, 9.17) is 9.47 Å². The molecule has 0 saturated heterocycles. The fourth-order valence-electron chi connectivity index (χ4n) is 3.33. The van der Waals surface area contributed by atoms with Crippen molar-refractivity contribution in [3.63, 3.8) is 0 Å². The number of hydrogen-bond acceptors (Lipinski definition) is 4. The lowest BCUT2D eigenvalue weighted by Crippen LogP contribution is -2.39. The van der Waals surface area contributed by atoms with E-state index < -0.39 is 12.7 Å². The van der Waals surface area contributed by atoms with Crippen LogP contribution in [0.15, 0.2) is 42.5 Å². The molecule has 2 aromatic carbocycles. The maximum Gasteiger partial charge on any atom is 0.387 e. The molecular weight excluding hydrogens is 368 g/mol. The van der Waals surface area contributed by atoms with Crippen molar-refractivity contribution in [2.24, 2.45) is 5.92 Å². The first-order valence-electron chi connectivity index (χ1n) is 9.15. The number of hydrogen-bond donors (Lipinski definition) is 1. The third kappa shape index (κ3) is 4.52. The Hall–Kier alpha value is -2.83. The van der Waals surface area contributed by atoms with Gasteiger partial charge in [0.25, 0.3) is 0 Å². The van der Waals surface area contributed by atoms with Crippen molar-refractivity contribution in [2.75, 3.05) is 13.7 Å². The highest BCUT2D eigenvalue weighted by molar-refractivity contribution is 5.80. The molecule has 1 aliphatic rings. The summed E-state index contributed by atoms with van der Waals surface area (Å²) in [6, 6.07) is 11.6. The van der Waals surface area contributed by atoms with Crippen LogP contribution in [0.3, 0.4) is 0 Å². The zero-order valence-corrected chi connectivity index (χ0v) is 15.8. The first-order chi connectivity index (χ1) is 13.5. The molecule has 2 aromatic rings. The van der Waals surface area contributed by atoms with E-state index >= 15 is 0 Å². The topological polar surface area (TPSA) is 56.8 Å². The van der Waals surface area contributed by atoms with E-state index in [-0.39, 0.29) is 24.2 Å². The van der Waals surface area contributed by atoms with Gasteiger partial charge in [-0.1, -0.05) is 25.1 Å². The lowest BCUT2D eigenvalue weighted by atomic mass is 9.94. The van der Waals surface area contributed by atoms with Crippen LogP contribution >= 0.6 is 0 Å². The number of rotatable bonds is 7. The minimum Gasteiger partial charge on any atom is -0.497 e. The van der Waals surface area contributed by atoms with E-state index in [1.165, 1.54) is 6.07 Å². The van der Waals surface area contributed by atoms with Crippen molar-refractivity contribution in [1.29, 1.82) is 0 Å². The summed E-state index contributed by atoms with van der Waals surface area (Å²) in [5.74, 6) is 0.948. The second kappa shape index (κ2) is 8.91. The molecule has 2 unspecified atom stereocenters. The average molecular weight is 391 g/mol. The van der Waals surface area contributed by atoms with Crippen molar-refractivity contribution < 1.29 is 27.8 Å². The Bertz CT molecular complexity index is 828. The molecule has 150 valence electrons. The summed E-state index contributed by atoms with van der Waals surface area (Å²) in [5, 5.41) is 2.95. The van der Waals surface area contributed by atoms with Gasteiger partial charge < -0.3 is 19.5 Å². The minimum atomic E-state index is -2.92. The number of para-hydroxylation sites is 1. The van der Waals surface area contributed by atoms with Crippen LogP contribution in [0.25, 0.3) is 0 Å². The lowest BCUT2D eigenvalue weighted by Gasteiger charge is -2.27. The molecule has 1 heterocycles. The zero-order valence-electron chi connectivity index (χ0n) is 15.8. The molecule has 0 bridgehead atoms. The van der Waals surface area contributed by atoms with Gasteiger partial charge >= 0.3 is 6.61 Å². The number of amides is 1. The Balaban J connectivity index is 1.73. The first-order valence-corrected chi connectivity index (χ1v) is 9.15. The molecule has 1 amide bonds. The number of carbonyl (C=O) groups is 1.